The Balaban J connectivity index is 1.46. The van der Waals surface area contributed by atoms with Gasteiger partial charge >= 0.3 is 12.1 Å². The first-order valence-electron chi connectivity index (χ1n) is 8.98. The van der Waals surface area contributed by atoms with Crippen LogP contribution in [0, 0.1) is 0 Å². The van der Waals surface area contributed by atoms with Crippen LogP contribution >= 0.6 is 0 Å². The molecule has 1 aliphatic heterocycles. The van der Waals surface area contributed by atoms with Crippen LogP contribution in [0.1, 0.15) is 17.2 Å². The molecule has 144 valence electrons. The van der Waals surface area contributed by atoms with Crippen molar-refractivity contribution in [1.29, 1.82) is 0 Å². The first-order chi connectivity index (χ1) is 14.2. The third-order valence-corrected chi connectivity index (χ3v) is 4.30. The van der Waals surface area contributed by atoms with Gasteiger partial charge in [-0.2, -0.15) is 0 Å². The Morgan fingerprint density at radius 2 is 1.69 bits per heavy atom. The SMILES string of the molecule is O=C(C=Cc1cnc(N2C(=O)OC[C@H]2c2ccccc2)nc1)Oc1ccccc1. The van der Waals surface area contributed by atoms with Gasteiger partial charge in [-0.1, -0.05) is 48.5 Å². The molecule has 0 aliphatic carbocycles. The molecule has 0 N–H and O–H groups in total. The predicted octanol–water partition coefficient (Wildman–Crippen LogP) is 3.79. The van der Waals surface area contributed by atoms with Gasteiger partial charge in [-0.05, 0) is 23.8 Å². The minimum absolute atomic E-state index is 0.235. The van der Waals surface area contributed by atoms with Crippen LogP contribution in [0.25, 0.3) is 6.08 Å². The molecule has 7 nitrogen and oxygen atoms in total. The van der Waals surface area contributed by atoms with Crippen LogP contribution < -0.4 is 9.64 Å². The number of ether oxygens (including phenoxy) is 2. The Morgan fingerprint density at radius 3 is 2.38 bits per heavy atom. The van der Waals surface area contributed by atoms with Gasteiger partial charge < -0.3 is 9.47 Å². The van der Waals surface area contributed by atoms with Gasteiger partial charge in [-0.15, -0.1) is 0 Å². The second-order valence-corrected chi connectivity index (χ2v) is 6.26. The van der Waals surface area contributed by atoms with E-state index in [1.165, 1.54) is 23.4 Å². The van der Waals surface area contributed by atoms with E-state index in [0.717, 1.165) is 5.56 Å². The summed E-state index contributed by atoms with van der Waals surface area (Å²) < 4.78 is 10.4. The second kappa shape index (κ2) is 8.35. The maximum atomic E-state index is 12.2. The van der Waals surface area contributed by atoms with Crippen LogP contribution in [0.2, 0.25) is 0 Å². The number of nitrogens with zero attached hydrogens (tertiary/aromatic N) is 3. The highest BCUT2D eigenvalue weighted by atomic mass is 16.6. The number of amides is 1. The highest BCUT2D eigenvalue weighted by molar-refractivity contribution is 5.89. The smallest absolute Gasteiger partial charge is 0.417 e. The van der Waals surface area contributed by atoms with E-state index in [-0.39, 0.29) is 18.6 Å². The normalized spacial score (nSPS) is 16.1. The van der Waals surface area contributed by atoms with Gasteiger partial charge in [-0.3, -0.25) is 0 Å². The Hall–Kier alpha value is -4.00. The molecule has 1 aromatic heterocycles. The first-order valence-corrected chi connectivity index (χ1v) is 8.98. The lowest BCUT2D eigenvalue weighted by Gasteiger charge is -2.19. The third kappa shape index (κ3) is 4.30. The topological polar surface area (TPSA) is 81.6 Å². The molecule has 0 saturated carbocycles. The molecular weight excluding hydrogens is 370 g/mol. The van der Waals surface area contributed by atoms with Crippen molar-refractivity contribution in [3.63, 3.8) is 0 Å². The van der Waals surface area contributed by atoms with E-state index >= 15 is 0 Å². The number of esters is 1. The minimum Gasteiger partial charge on any atom is -0.446 e. The summed E-state index contributed by atoms with van der Waals surface area (Å²) in [7, 11) is 0. The molecule has 1 aliphatic rings. The van der Waals surface area contributed by atoms with Crippen molar-refractivity contribution in [2.24, 2.45) is 0 Å². The summed E-state index contributed by atoms with van der Waals surface area (Å²) in [5.41, 5.74) is 1.54. The Bertz CT molecular complexity index is 1020. The van der Waals surface area contributed by atoms with E-state index in [1.54, 1.807) is 30.3 Å². The zero-order valence-electron chi connectivity index (χ0n) is 15.3. The predicted molar refractivity (Wildman–Crippen MR) is 106 cm³/mol. The summed E-state index contributed by atoms with van der Waals surface area (Å²) >= 11 is 0. The molecule has 2 heterocycles. The number of aromatic nitrogens is 2. The van der Waals surface area contributed by atoms with Crippen molar-refractivity contribution >= 4 is 24.1 Å². The zero-order chi connectivity index (χ0) is 20.1. The average Bonchev–Trinajstić information content (AvgIpc) is 3.15. The van der Waals surface area contributed by atoms with Crippen molar-refractivity contribution in [3.05, 3.63) is 90.3 Å². The fourth-order valence-electron chi connectivity index (χ4n) is 2.91. The van der Waals surface area contributed by atoms with Gasteiger partial charge in [0.15, 0.2) is 0 Å². The molecule has 1 fully saturated rings. The minimum atomic E-state index is -0.507. The van der Waals surface area contributed by atoms with E-state index in [2.05, 4.69) is 9.97 Å². The number of hydrogen-bond donors (Lipinski definition) is 0. The van der Waals surface area contributed by atoms with E-state index in [0.29, 0.717) is 11.3 Å². The van der Waals surface area contributed by atoms with E-state index < -0.39 is 12.1 Å². The van der Waals surface area contributed by atoms with Crippen molar-refractivity contribution in [3.8, 4) is 5.75 Å². The molecule has 0 spiro atoms. The molecule has 0 radical (unpaired) electrons. The van der Waals surface area contributed by atoms with Crippen LogP contribution in [-0.4, -0.2) is 28.6 Å². The molecule has 0 unspecified atom stereocenters. The molecular formula is C22H17N3O4. The summed E-state index contributed by atoms with van der Waals surface area (Å²) in [6.45, 7) is 0.235. The van der Waals surface area contributed by atoms with E-state index in [9.17, 15) is 9.59 Å². The van der Waals surface area contributed by atoms with E-state index in [1.807, 2.05) is 36.4 Å². The van der Waals surface area contributed by atoms with Gasteiger partial charge in [-0.25, -0.2) is 24.5 Å². The molecule has 4 rings (SSSR count). The number of benzene rings is 2. The van der Waals surface area contributed by atoms with Gasteiger partial charge in [0.25, 0.3) is 0 Å². The summed E-state index contributed by atoms with van der Waals surface area (Å²) in [6.07, 6.45) is 5.41. The molecule has 3 aromatic rings. The number of carbonyl (C=O) groups is 2. The van der Waals surface area contributed by atoms with Crippen molar-refractivity contribution in [2.45, 2.75) is 6.04 Å². The van der Waals surface area contributed by atoms with Crippen molar-refractivity contribution < 1.29 is 19.1 Å². The highest BCUT2D eigenvalue weighted by Gasteiger charge is 2.37. The number of para-hydroxylation sites is 1. The number of anilines is 1. The largest absolute Gasteiger partial charge is 0.446 e. The molecule has 29 heavy (non-hydrogen) atoms. The lowest BCUT2D eigenvalue weighted by molar-refractivity contribution is -0.128. The van der Waals surface area contributed by atoms with Gasteiger partial charge in [0.2, 0.25) is 5.95 Å². The molecule has 7 heteroatoms. The van der Waals surface area contributed by atoms with Crippen molar-refractivity contribution in [1.82, 2.24) is 9.97 Å². The standard InChI is InChI=1S/C22H17N3O4/c26-20(29-18-9-5-2-6-10-18)12-11-16-13-23-21(24-14-16)25-19(15-28-22(25)27)17-7-3-1-4-8-17/h1-14,19H,15H2/t19-/m0/s1. The van der Waals surface area contributed by atoms with Crippen molar-refractivity contribution in [2.75, 3.05) is 11.5 Å². The lowest BCUT2D eigenvalue weighted by Crippen LogP contribution is -2.29. The number of cyclic esters (lactones) is 1. The van der Waals surface area contributed by atoms with Gasteiger partial charge in [0.1, 0.15) is 18.4 Å². The monoisotopic (exact) mass is 387 g/mol. The number of hydrogen-bond acceptors (Lipinski definition) is 6. The van der Waals surface area contributed by atoms with Crippen LogP contribution in [0.5, 0.6) is 5.75 Å². The average molecular weight is 387 g/mol. The zero-order valence-corrected chi connectivity index (χ0v) is 15.3. The molecule has 1 amide bonds. The van der Waals surface area contributed by atoms with Crippen LogP contribution in [0.4, 0.5) is 10.7 Å². The second-order valence-electron chi connectivity index (χ2n) is 6.26. The highest BCUT2D eigenvalue weighted by Crippen LogP contribution is 2.30. The fourth-order valence-corrected chi connectivity index (χ4v) is 2.91. The third-order valence-electron chi connectivity index (χ3n) is 4.30. The quantitative estimate of drug-likeness (QED) is 0.376. The van der Waals surface area contributed by atoms with Gasteiger partial charge in [0, 0.05) is 24.0 Å². The fraction of sp³-hybridized carbons (Fsp3) is 0.0909. The van der Waals surface area contributed by atoms with Gasteiger partial charge in [0.05, 0.1) is 0 Å². The maximum Gasteiger partial charge on any atom is 0.417 e. The summed E-state index contributed by atoms with van der Waals surface area (Å²) in [5, 5.41) is 0. The Labute approximate surface area is 167 Å². The number of carbonyl (C=O) groups excluding carboxylic acids is 2. The molecule has 0 bridgehead atoms. The number of rotatable bonds is 5. The summed E-state index contributed by atoms with van der Waals surface area (Å²) in [4.78, 5) is 34.0. The Kier molecular flexibility index (Phi) is 5.29. The lowest BCUT2D eigenvalue weighted by atomic mass is 10.1. The summed E-state index contributed by atoms with van der Waals surface area (Å²) in [5.74, 6) is 0.200. The van der Waals surface area contributed by atoms with Crippen LogP contribution in [-0.2, 0) is 9.53 Å². The summed E-state index contributed by atoms with van der Waals surface area (Å²) in [6, 6.07) is 18.1. The molecule has 1 saturated heterocycles. The Morgan fingerprint density at radius 1 is 1.03 bits per heavy atom. The molecule has 2 aromatic carbocycles. The first kappa shape index (κ1) is 18.4. The molecule has 1 atom stereocenters. The van der Waals surface area contributed by atoms with Crippen LogP contribution in [0.15, 0.2) is 79.1 Å². The van der Waals surface area contributed by atoms with Crippen LogP contribution in [0.3, 0.4) is 0 Å². The van der Waals surface area contributed by atoms with E-state index in [4.69, 9.17) is 9.47 Å². The maximum absolute atomic E-state index is 12.2.